The standard InChI is InChI=1S/C24H20ClFN2O2/c1-14-9-15(2)11-17(10-14)24(30)28-13-22(29)27-21-8-5-18(25)12-20(21)23(28)16-3-6-19(26)7-4-16/h3-12,23H,13H2,1-2H3,(H,27,29)/t23-/m0/s1. The summed E-state index contributed by atoms with van der Waals surface area (Å²) in [5.74, 6) is -0.958. The van der Waals surface area contributed by atoms with E-state index < -0.39 is 6.04 Å². The van der Waals surface area contributed by atoms with Crippen molar-refractivity contribution in [3.05, 3.63) is 99.3 Å². The average molecular weight is 423 g/mol. The zero-order chi connectivity index (χ0) is 21.4. The van der Waals surface area contributed by atoms with Gasteiger partial charge in [-0.2, -0.15) is 0 Å². The highest BCUT2D eigenvalue weighted by Gasteiger charge is 2.34. The molecule has 0 aliphatic carbocycles. The van der Waals surface area contributed by atoms with Gasteiger partial charge in [0.2, 0.25) is 5.91 Å². The summed E-state index contributed by atoms with van der Waals surface area (Å²) < 4.78 is 13.6. The molecule has 4 nitrogen and oxygen atoms in total. The van der Waals surface area contributed by atoms with E-state index >= 15 is 0 Å². The number of anilines is 1. The molecule has 0 saturated carbocycles. The number of carbonyl (C=O) groups excluding carboxylic acids is 2. The van der Waals surface area contributed by atoms with Gasteiger partial charge in [-0.15, -0.1) is 0 Å². The Morgan fingerprint density at radius 2 is 1.70 bits per heavy atom. The van der Waals surface area contributed by atoms with Crippen molar-refractivity contribution in [1.29, 1.82) is 0 Å². The maximum absolute atomic E-state index is 13.6. The number of fused-ring (bicyclic) bond motifs is 1. The van der Waals surface area contributed by atoms with Gasteiger partial charge in [0.25, 0.3) is 5.91 Å². The van der Waals surface area contributed by atoms with Crippen molar-refractivity contribution in [2.45, 2.75) is 19.9 Å². The Morgan fingerprint density at radius 3 is 2.37 bits per heavy atom. The summed E-state index contributed by atoms with van der Waals surface area (Å²) in [6, 6.07) is 16.1. The predicted molar refractivity (Wildman–Crippen MR) is 115 cm³/mol. The van der Waals surface area contributed by atoms with Crippen molar-refractivity contribution in [3.8, 4) is 0 Å². The van der Waals surface area contributed by atoms with Crippen LogP contribution in [0.4, 0.5) is 10.1 Å². The molecule has 1 N–H and O–H groups in total. The average Bonchev–Trinajstić information content (AvgIpc) is 2.83. The van der Waals surface area contributed by atoms with Crippen LogP contribution in [-0.4, -0.2) is 23.3 Å². The molecule has 2 amide bonds. The number of nitrogens with zero attached hydrogens (tertiary/aromatic N) is 1. The Kier molecular flexibility index (Phi) is 5.31. The molecule has 0 fully saturated rings. The molecule has 30 heavy (non-hydrogen) atoms. The molecule has 6 heteroatoms. The largest absolute Gasteiger partial charge is 0.324 e. The van der Waals surface area contributed by atoms with Gasteiger partial charge in [0.05, 0.1) is 6.04 Å². The Balaban J connectivity index is 1.90. The Bertz CT molecular complexity index is 1120. The van der Waals surface area contributed by atoms with Crippen molar-refractivity contribution in [3.63, 3.8) is 0 Å². The van der Waals surface area contributed by atoms with Gasteiger partial charge in [-0.05, 0) is 61.9 Å². The fourth-order valence-electron chi connectivity index (χ4n) is 3.93. The number of aryl methyl sites for hydroxylation is 2. The second kappa shape index (κ2) is 7.92. The minimum atomic E-state index is -0.605. The molecular weight excluding hydrogens is 403 g/mol. The highest BCUT2D eigenvalue weighted by Crippen LogP contribution is 2.38. The fraction of sp³-hybridized carbons (Fsp3) is 0.167. The number of rotatable bonds is 2. The summed E-state index contributed by atoms with van der Waals surface area (Å²) >= 11 is 6.25. The van der Waals surface area contributed by atoms with Crippen LogP contribution in [0.15, 0.2) is 60.7 Å². The normalized spacial score (nSPS) is 15.9. The molecule has 0 aromatic heterocycles. The van der Waals surface area contributed by atoms with Crippen LogP contribution in [0.5, 0.6) is 0 Å². The molecule has 152 valence electrons. The van der Waals surface area contributed by atoms with E-state index in [0.717, 1.165) is 11.1 Å². The maximum atomic E-state index is 13.6. The molecule has 4 rings (SSSR count). The molecule has 0 radical (unpaired) electrons. The molecule has 0 spiro atoms. The highest BCUT2D eigenvalue weighted by molar-refractivity contribution is 6.30. The number of amides is 2. The Morgan fingerprint density at radius 1 is 1.03 bits per heavy atom. The lowest BCUT2D eigenvalue weighted by Crippen LogP contribution is -2.39. The van der Waals surface area contributed by atoms with Crippen molar-refractivity contribution >= 4 is 29.1 Å². The summed E-state index contributed by atoms with van der Waals surface area (Å²) in [6.45, 7) is 3.71. The SMILES string of the molecule is Cc1cc(C)cc(C(=O)N2CC(=O)Nc3ccc(Cl)cc3[C@@H]2c2ccc(F)cc2)c1. The van der Waals surface area contributed by atoms with Gasteiger partial charge < -0.3 is 10.2 Å². The number of hydrogen-bond donors (Lipinski definition) is 1. The van der Waals surface area contributed by atoms with E-state index in [1.165, 1.54) is 17.0 Å². The van der Waals surface area contributed by atoms with E-state index in [1.807, 2.05) is 19.9 Å². The van der Waals surface area contributed by atoms with Gasteiger partial charge in [0.15, 0.2) is 0 Å². The smallest absolute Gasteiger partial charge is 0.255 e. The van der Waals surface area contributed by atoms with E-state index in [9.17, 15) is 14.0 Å². The summed E-state index contributed by atoms with van der Waals surface area (Å²) in [6.07, 6.45) is 0. The quantitative estimate of drug-likeness (QED) is 0.610. The summed E-state index contributed by atoms with van der Waals surface area (Å²) in [7, 11) is 0. The van der Waals surface area contributed by atoms with Crippen LogP contribution in [0.25, 0.3) is 0 Å². The summed E-state index contributed by atoms with van der Waals surface area (Å²) in [5, 5.41) is 3.34. The zero-order valence-electron chi connectivity index (χ0n) is 16.6. The number of nitrogens with one attached hydrogen (secondary N) is 1. The van der Waals surface area contributed by atoms with Gasteiger partial charge in [-0.1, -0.05) is 40.9 Å². The topological polar surface area (TPSA) is 49.4 Å². The third kappa shape index (κ3) is 3.94. The summed E-state index contributed by atoms with van der Waals surface area (Å²) in [4.78, 5) is 27.7. The number of carbonyl (C=O) groups is 2. The van der Waals surface area contributed by atoms with E-state index in [4.69, 9.17) is 11.6 Å². The first-order chi connectivity index (χ1) is 14.3. The molecule has 0 unspecified atom stereocenters. The van der Waals surface area contributed by atoms with Crippen molar-refractivity contribution < 1.29 is 14.0 Å². The molecular formula is C24H20ClFN2O2. The van der Waals surface area contributed by atoms with Crippen molar-refractivity contribution in [2.24, 2.45) is 0 Å². The lowest BCUT2D eigenvalue weighted by molar-refractivity contribution is -0.117. The van der Waals surface area contributed by atoms with Crippen LogP contribution >= 0.6 is 11.6 Å². The number of benzene rings is 3. The predicted octanol–water partition coefficient (Wildman–Crippen LogP) is 5.28. The second-order valence-electron chi connectivity index (χ2n) is 7.54. The van der Waals surface area contributed by atoms with Crippen molar-refractivity contribution in [2.75, 3.05) is 11.9 Å². The van der Waals surface area contributed by atoms with Gasteiger partial charge in [0, 0.05) is 21.8 Å². The Labute approximate surface area is 179 Å². The molecule has 1 heterocycles. The fourth-order valence-corrected chi connectivity index (χ4v) is 4.12. The van der Waals surface area contributed by atoms with Gasteiger partial charge in [-0.25, -0.2) is 4.39 Å². The minimum Gasteiger partial charge on any atom is -0.324 e. The van der Waals surface area contributed by atoms with E-state index in [-0.39, 0.29) is 24.2 Å². The lowest BCUT2D eigenvalue weighted by Gasteiger charge is -2.31. The van der Waals surface area contributed by atoms with Crippen molar-refractivity contribution in [1.82, 2.24) is 4.90 Å². The zero-order valence-corrected chi connectivity index (χ0v) is 17.3. The lowest BCUT2D eigenvalue weighted by atomic mass is 9.95. The second-order valence-corrected chi connectivity index (χ2v) is 7.98. The molecule has 3 aromatic rings. The third-order valence-electron chi connectivity index (χ3n) is 5.12. The van der Waals surface area contributed by atoms with E-state index in [1.54, 1.807) is 42.5 Å². The summed E-state index contributed by atoms with van der Waals surface area (Å²) in [5.41, 5.74) is 4.36. The number of hydrogen-bond acceptors (Lipinski definition) is 2. The Hall–Kier alpha value is -3.18. The molecule has 1 aliphatic heterocycles. The van der Waals surface area contributed by atoms with E-state index in [0.29, 0.717) is 27.4 Å². The molecule has 3 aromatic carbocycles. The van der Waals surface area contributed by atoms with Gasteiger partial charge in [-0.3, -0.25) is 9.59 Å². The minimum absolute atomic E-state index is 0.139. The molecule has 0 bridgehead atoms. The van der Waals surface area contributed by atoms with Gasteiger partial charge >= 0.3 is 0 Å². The first-order valence-electron chi connectivity index (χ1n) is 9.56. The van der Waals surface area contributed by atoms with Crippen LogP contribution in [0.3, 0.4) is 0 Å². The molecule has 1 atom stereocenters. The number of halogens is 2. The van der Waals surface area contributed by atoms with Gasteiger partial charge in [0.1, 0.15) is 12.4 Å². The van der Waals surface area contributed by atoms with Crippen LogP contribution in [-0.2, 0) is 4.79 Å². The molecule has 1 aliphatic rings. The van der Waals surface area contributed by atoms with Crippen LogP contribution in [0.2, 0.25) is 5.02 Å². The van der Waals surface area contributed by atoms with Crippen LogP contribution in [0.1, 0.15) is 38.7 Å². The highest BCUT2D eigenvalue weighted by atomic mass is 35.5. The van der Waals surface area contributed by atoms with Crippen LogP contribution < -0.4 is 5.32 Å². The third-order valence-corrected chi connectivity index (χ3v) is 5.36. The maximum Gasteiger partial charge on any atom is 0.255 e. The molecule has 0 saturated heterocycles. The first-order valence-corrected chi connectivity index (χ1v) is 9.93. The van der Waals surface area contributed by atoms with E-state index in [2.05, 4.69) is 5.32 Å². The first kappa shape index (κ1) is 20.1. The monoisotopic (exact) mass is 422 g/mol. The van der Waals surface area contributed by atoms with Crippen LogP contribution in [0, 0.1) is 19.7 Å².